The zero-order chi connectivity index (χ0) is 24.8. The van der Waals surface area contributed by atoms with Crippen LogP contribution in [0, 0.1) is 5.92 Å². The molecular weight excluding hydrogens is 436 g/mol. The van der Waals surface area contributed by atoms with Crippen LogP contribution in [0.1, 0.15) is 57.6 Å². The molecule has 0 spiro atoms. The predicted molar refractivity (Wildman–Crippen MR) is 125 cm³/mol. The molecule has 8 heteroatoms. The minimum Gasteiger partial charge on any atom is -0.449 e. The van der Waals surface area contributed by atoms with Crippen molar-refractivity contribution in [1.82, 2.24) is 10.4 Å². The second kappa shape index (κ2) is 11.0. The van der Waals surface area contributed by atoms with E-state index in [0.29, 0.717) is 5.06 Å². The van der Waals surface area contributed by atoms with Crippen LogP contribution >= 0.6 is 0 Å². The fourth-order valence-corrected chi connectivity index (χ4v) is 4.07. The third-order valence-electron chi connectivity index (χ3n) is 5.72. The van der Waals surface area contributed by atoms with Crippen molar-refractivity contribution < 1.29 is 28.8 Å². The van der Waals surface area contributed by atoms with E-state index in [4.69, 9.17) is 9.57 Å². The summed E-state index contributed by atoms with van der Waals surface area (Å²) < 4.78 is 5.48. The highest BCUT2D eigenvalue weighted by Crippen LogP contribution is 2.44. The van der Waals surface area contributed by atoms with E-state index in [1.807, 2.05) is 62.4 Å². The van der Waals surface area contributed by atoms with Crippen molar-refractivity contribution in [2.24, 2.45) is 5.92 Å². The van der Waals surface area contributed by atoms with Crippen molar-refractivity contribution in [3.63, 3.8) is 0 Å². The molecule has 1 unspecified atom stereocenters. The number of benzene rings is 2. The summed E-state index contributed by atoms with van der Waals surface area (Å²) in [6, 6.07) is 14.9. The van der Waals surface area contributed by atoms with Crippen molar-refractivity contribution in [3.05, 3.63) is 59.7 Å². The second-order valence-electron chi connectivity index (χ2n) is 8.18. The van der Waals surface area contributed by atoms with E-state index >= 15 is 0 Å². The molecule has 0 saturated carbocycles. The molecule has 0 radical (unpaired) electrons. The van der Waals surface area contributed by atoms with Gasteiger partial charge in [0.25, 0.3) is 11.8 Å². The van der Waals surface area contributed by atoms with Crippen molar-refractivity contribution in [2.45, 2.75) is 52.5 Å². The topological polar surface area (TPSA) is 102 Å². The second-order valence-corrected chi connectivity index (χ2v) is 8.18. The molecule has 180 valence electrons. The molecule has 2 aromatic carbocycles. The average Bonchev–Trinajstić information content (AvgIpc) is 3.34. The minimum absolute atomic E-state index is 0.00172. The molecule has 3 amide bonds. The maximum absolute atomic E-state index is 12.5. The lowest BCUT2D eigenvalue weighted by atomic mass is 9.98. The zero-order valence-corrected chi connectivity index (χ0v) is 19.9. The number of imide groups is 1. The van der Waals surface area contributed by atoms with E-state index < -0.39 is 29.9 Å². The van der Waals surface area contributed by atoms with Crippen LogP contribution in [0.2, 0.25) is 0 Å². The van der Waals surface area contributed by atoms with E-state index in [9.17, 15) is 19.2 Å². The highest BCUT2D eigenvalue weighted by molar-refractivity contribution is 6.01. The molecule has 4 rings (SSSR count). The summed E-state index contributed by atoms with van der Waals surface area (Å²) >= 11 is 0. The van der Waals surface area contributed by atoms with Crippen LogP contribution < -0.4 is 5.32 Å². The molecule has 8 nitrogen and oxygen atoms in total. The number of nitrogens with zero attached hydrogens (tertiary/aromatic N) is 1. The number of ether oxygens (including phenoxy) is 1. The van der Waals surface area contributed by atoms with Gasteiger partial charge in [-0.3, -0.25) is 9.59 Å². The number of fused-ring (bicyclic) bond motifs is 3. The molecule has 1 saturated heterocycles. The number of hydrogen-bond donors (Lipinski definition) is 1. The van der Waals surface area contributed by atoms with Crippen molar-refractivity contribution in [2.75, 3.05) is 6.61 Å². The number of nitrogens with one attached hydrogen (secondary N) is 1. The van der Waals surface area contributed by atoms with E-state index in [0.717, 1.165) is 22.3 Å². The fraction of sp³-hybridized carbons (Fsp3) is 0.385. The maximum Gasteiger partial charge on any atom is 0.407 e. The number of hydrogen-bond acceptors (Lipinski definition) is 6. The number of carbonyl (C=O) groups is 4. The molecule has 1 aliphatic carbocycles. The molecule has 2 aromatic rings. The van der Waals surface area contributed by atoms with Gasteiger partial charge < -0.3 is 14.9 Å². The minimum atomic E-state index is -1.08. The lowest BCUT2D eigenvalue weighted by Gasteiger charge is -2.23. The summed E-state index contributed by atoms with van der Waals surface area (Å²) in [7, 11) is 0. The van der Waals surface area contributed by atoms with Crippen molar-refractivity contribution in [3.8, 4) is 11.1 Å². The predicted octanol–water partition coefficient (Wildman–Crippen LogP) is 4.18. The lowest BCUT2D eigenvalue weighted by molar-refractivity contribution is -0.199. The maximum atomic E-state index is 12.5. The van der Waals surface area contributed by atoms with Crippen LogP contribution in [0.25, 0.3) is 11.1 Å². The molecule has 34 heavy (non-hydrogen) atoms. The quantitative estimate of drug-likeness (QED) is 0.641. The van der Waals surface area contributed by atoms with Crippen LogP contribution in [0.5, 0.6) is 0 Å². The normalized spacial score (nSPS) is 15.3. The van der Waals surface area contributed by atoms with Gasteiger partial charge in [-0.1, -0.05) is 76.2 Å². The largest absolute Gasteiger partial charge is 0.449 e. The average molecular weight is 467 g/mol. The Hall–Kier alpha value is -3.68. The first-order valence-electron chi connectivity index (χ1n) is 11.6. The van der Waals surface area contributed by atoms with Crippen molar-refractivity contribution in [1.29, 1.82) is 0 Å². The molecular formula is C26H30N2O6. The summed E-state index contributed by atoms with van der Waals surface area (Å²) in [5, 5.41) is 2.98. The SMILES string of the molecule is CC.CC(C)C(NC(=O)OCC1c2ccccc2-c2ccccc21)C(=O)ON1C(=O)CCC1=O. The molecule has 1 atom stereocenters. The molecule has 1 aliphatic heterocycles. The molecule has 0 aromatic heterocycles. The zero-order valence-electron chi connectivity index (χ0n) is 19.9. The first-order chi connectivity index (χ1) is 16.4. The molecule has 1 fully saturated rings. The van der Waals surface area contributed by atoms with Crippen LogP contribution in [-0.2, 0) is 24.0 Å². The van der Waals surface area contributed by atoms with Crippen molar-refractivity contribution >= 4 is 23.9 Å². The van der Waals surface area contributed by atoms with Gasteiger partial charge >= 0.3 is 12.1 Å². The van der Waals surface area contributed by atoms with Gasteiger partial charge in [-0.15, -0.1) is 5.06 Å². The van der Waals surface area contributed by atoms with Gasteiger partial charge in [-0.25, -0.2) is 9.59 Å². The highest BCUT2D eigenvalue weighted by Gasteiger charge is 2.37. The Labute approximate surface area is 199 Å². The van der Waals surface area contributed by atoms with E-state index in [1.165, 1.54) is 0 Å². The van der Waals surface area contributed by atoms with Gasteiger partial charge in [0.15, 0.2) is 0 Å². The van der Waals surface area contributed by atoms with Gasteiger partial charge in [0.05, 0.1) is 0 Å². The summed E-state index contributed by atoms with van der Waals surface area (Å²) in [6.07, 6.45) is -0.780. The third kappa shape index (κ3) is 5.11. The summed E-state index contributed by atoms with van der Waals surface area (Å²) in [5.74, 6) is -2.51. The Morgan fingerprint density at radius 2 is 1.44 bits per heavy atom. The van der Waals surface area contributed by atoms with Crippen LogP contribution in [0.15, 0.2) is 48.5 Å². The number of rotatable bonds is 6. The number of carbonyl (C=O) groups excluding carboxylic acids is 4. The number of alkyl carbamates (subject to hydrolysis) is 1. The lowest BCUT2D eigenvalue weighted by Crippen LogP contribution is -2.48. The Bertz CT molecular complexity index is 1020. The molecule has 2 aliphatic rings. The third-order valence-corrected chi connectivity index (χ3v) is 5.72. The van der Waals surface area contributed by atoms with Gasteiger partial charge in [-0.05, 0) is 28.2 Å². The first kappa shape index (κ1) is 25.0. The summed E-state index contributed by atoms with van der Waals surface area (Å²) in [6.45, 7) is 7.52. The fourth-order valence-electron chi connectivity index (χ4n) is 4.07. The Kier molecular flexibility index (Phi) is 8.04. The van der Waals surface area contributed by atoms with Gasteiger partial charge in [-0.2, -0.15) is 0 Å². The number of hydroxylamine groups is 2. The van der Waals surface area contributed by atoms with E-state index in [2.05, 4.69) is 5.32 Å². The first-order valence-corrected chi connectivity index (χ1v) is 11.6. The molecule has 0 bridgehead atoms. The van der Waals surface area contributed by atoms with Crippen LogP contribution in [0.4, 0.5) is 4.79 Å². The monoisotopic (exact) mass is 466 g/mol. The smallest absolute Gasteiger partial charge is 0.407 e. The number of amides is 3. The van der Waals surface area contributed by atoms with Gasteiger partial charge in [0.2, 0.25) is 0 Å². The molecule has 1 N–H and O–H groups in total. The van der Waals surface area contributed by atoms with Gasteiger partial charge in [0.1, 0.15) is 12.6 Å². The van der Waals surface area contributed by atoms with Crippen LogP contribution in [0.3, 0.4) is 0 Å². The standard InChI is InChI=1S/C24H24N2O6.C2H6/c1-14(2)22(23(29)32-26-20(27)11-12-21(26)28)25-24(30)31-13-19-17-9-5-3-7-15(17)16-8-4-6-10-18(16)19;1-2/h3-10,14,19,22H,11-13H2,1-2H3,(H,25,30);1-2H3. The Morgan fingerprint density at radius 3 is 1.94 bits per heavy atom. The highest BCUT2D eigenvalue weighted by atomic mass is 16.7. The van der Waals surface area contributed by atoms with E-state index in [1.54, 1.807) is 13.8 Å². The Morgan fingerprint density at radius 1 is 0.941 bits per heavy atom. The van der Waals surface area contributed by atoms with Crippen LogP contribution in [-0.4, -0.2) is 41.6 Å². The summed E-state index contributed by atoms with van der Waals surface area (Å²) in [4.78, 5) is 53.4. The molecule has 1 heterocycles. The Balaban J connectivity index is 0.00000158. The summed E-state index contributed by atoms with van der Waals surface area (Å²) in [5.41, 5.74) is 4.38. The van der Waals surface area contributed by atoms with E-state index in [-0.39, 0.29) is 31.3 Å². The van der Waals surface area contributed by atoms with Gasteiger partial charge in [0, 0.05) is 18.8 Å².